The summed E-state index contributed by atoms with van der Waals surface area (Å²) in [5.74, 6) is -0.126. The maximum atomic E-state index is 12.4. The van der Waals surface area contributed by atoms with Gasteiger partial charge in [-0.15, -0.1) is 11.3 Å². The van der Waals surface area contributed by atoms with Gasteiger partial charge in [-0.2, -0.15) is 0 Å². The van der Waals surface area contributed by atoms with E-state index in [1.807, 2.05) is 43.3 Å². The molecule has 3 aromatic rings. The maximum Gasteiger partial charge on any atom is 0.331 e. The van der Waals surface area contributed by atoms with E-state index in [2.05, 4.69) is 4.98 Å². The predicted molar refractivity (Wildman–Crippen MR) is 114 cm³/mol. The van der Waals surface area contributed by atoms with Crippen molar-refractivity contribution in [3.05, 3.63) is 65.2 Å². The number of nitrogens with zero attached hydrogens (tertiary/aromatic N) is 2. The van der Waals surface area contributed by atoms with Gasteiger partial charge in [0.05, 0.1) is 23.4 Å². The Labute approximate surface area is 173 Å². The highest BCUT2D eigenvalue weighted by Crippen LogP contribution is 2.28. The summed E-state index contributed by atoms with van der Waals surface area (Å²) in [4.78, 5) is 30.4. The topological polar surface area (TPSA) is 68.7 Å². The maximum absolute atomic E-state index is 12.4. The van der Waals surface area contributed by atoms with Crippen molar-refractivity contribution in [2.24, 2.45) is 0 Å². The Balaban J connectivity index is 1.53. The van der Waals surface area contributed by atoms with Crippen LogP contribution in [0, 0.1) is 0 Å². The molecule has 0 N–H and O–H groups in total. The third kappa shape index (κ3) is 5.20. The number of thiazole rings is 1. The lowest BCUT2D eigenvalue weighted by atomic mass is 10.2. The van der Waals surface area contributed by atoms with E-state index in [1.165, 1.54) is 11.0 Å². The molecular weight excluding hydrogens is 388 g/mol. The fourth-order valence-corrected chi connectivity index (χ4v) is 3.68. The lowest BCUT2D eigenvalue weighted by molar-refractivity contribution is -0.148. The van der Waals surface area contributed by atoms with E-state index in [-0.39, 0.29) is 18.6 Å². The van der Waals surface area contributed by atoms with Crippen molar-refractivity contribution in [1.82, 2.24) is 9.88 Å². The number of methoxy groups -OCH3 is 1. The number of rotatable bonds is 7. The molecule has 0 aliphatic carbocycles. The fourth-order valence-electron chi connectivity index (χ4n) is 2.61. The van der Waals surface area contributed by atoms with E-state index in [0.717, 1.165) is 26.5 Å². The Morgan fingerprint density at radius 2 is 1.90 bits per heavy atom. The van der Waals surface area contributed by atoms with Crippen molar-refractivity contribution < 1.29 is 19.1 Å². The van der Waals surface area contributed by atoms with Gasteiger partial charge in [-0.1, -0.05) is 24.3 Å². The van der Waals surface area contributed by atoms with Gasteiger partial charge in [0.15, 0.2) is 6.61 Å². The first-order chi connectivity index (χ1) is 14.0. The number of ether oxygens (including phenoxy) is 2. The highest BCUT2D eigenvalue weighted by Gasteiger charge is 2.21. The van der Waals surface area contributed by atoms with Gasteiger partial charge >= 0.3 is 5.97 Å². The van der Waals surface area contributed by atoms with Crippen LogP contribution >= 0.6 is 11.3 Å². The Bertz CT molecular complexity index is 994. The molecule has 1 amide bonds. The molecule has 0 saturated heterocycles. The molecule has 6 nitrogen and oxygen atoms in total. The SMILES string of the molecule is COc1ccc(/C=C/C(=O)OCC(=O)N(C)[C@@H](C)c2nc3ccccc3s2)cc1. The van der Waals surface area contributed by atoms with Gasteiger partial charge in [-0.05, 0) is 42.8 Å². The molecule has 0 aliphatic rings. The molecule has 1 heterocycles. The molecule has 0 aliphatic heterocycles. The Hall–Kier alpha value is -3.19. The largest absolute Gasteiger partial charge is 0.497 e. The summed E-state index contributed by atoms with van der Waals surface area (Å²) in [5.41, 5.74) is 1.74. The van der Waals surface area contributed by atoms with Gasteiger partial charge in [-0.3, -0.25) is 4.79 Å². The van der Waals surface area contributed by atoms with Crippen LogP contribution in [0.4, 0.5) is 0 Å². The van der Waals surface area contributed by atoms with Crippen molar-refractivity contribution in [1.29, 1.82) is 0 Å². The number of likely N-dealkylation sites (N-methyl/N-ethyl adjacent to an activating group) is 1. The average Bonchev–Trinajstić information content (AvgIpc) is 3.19. The van der Waals surface area contributed by atoms with Crippen molar-refractivity contribution >= 4 is 39.5 Å². The smallest absolute Gasteiger partial charge is 0.331 e. The van der Waals surface area contributed by atoms with E-state index >= 15 is 0 Å². The van der Waals surface area contributed by atoms with Crippen LogP contribution in [0.3, 0.4) is 0 Å². The van der Waals surface area contributed by atoms with E-state index in [0.29, 0.717) is 0 Å². The standard InChI is InChI=1S/C22H22N2O4S/c1-15(22-23-18-6-4-5-7-19(18)29-22)24(2)20(25)14-28-21(26)13-10-16-8-11-17(27-3)12-9-16/h4-13,15H,14H2,1-3H3/b13-10+/t15-/m0/s1. The van der Waals surface area contributed by atoms with Crippen molar-refractivity contribution in [2.75, 3.05) is 20.8 Å². The molecule has 0 fully saturated rings. The van der Waals surface area contributed by atoms with Crippen molar-refractivity contribution in [3.63, 3.8) is 0 Å². The molecule has 29 heavy (non-hydrogen) atoms. The van der Waals surface area contributed by atoms with Crippen LogP contribution in [-0.2, 0) is 14.3 Å². The quantitative estimate of drug-likeness (QED) is 0.434. The van der Waals surface area contributed by atoms with Crippen LogP contribution in [0.15, 0.2) is 54.6 Å². The van der Waals surface area contributed by atoms with Crippen LogP contribution in [0.2, 0.25) is 0 Å². The summed E-state index contributed by atoms with van der Waals surface area (Å²) < 4.78 is 11.2. The number of carbonyl (C=O) groups excluding carboxylic acids is 2. The van der Waals surface area contributed by atoms with E-state index in [1.54, 1.807) is 43.7 Å². The second kappa shape index (κ2) is 9.34. The summed E-state index contributed by atoms with van der Waals surface area (Å²) in [7, 11) is 3.27. The normalized spacial score (nSPS) is 12.1. The number of para-hydroxylation sites is 1. The molecular formula is C22H22N2O4S. The molecule has 0 unspecified atom stereocenters. The van der Waals surface area contributed by atoms with E-state index in [9.17, 15) is 9.59 Å². The molecule has 1 atom stereocenters. The van der Waals surface area contributed by atoms with Crippen LogP contribution < -0.4 is 4.74 Å². The number of hydrogen-bond donors (Lipinski definition) is 0. The second-order valence-electron chi connectivity index (χ2n) is 6.41. The molecule has 150 valence electrons. The third-order valence-electron chi connectivity index (χ3n) is 4.51. The van der Waals surface area contributed by atoms with Crippen LogP contribution in [0.25, 0.3) is 16.3 Å². The lowest BCUT2D eigenvalue weighted by Gasteiger charge is -2.22. The molecule has 0 spiro atoms. The summed E-state index contributed by atoms with van der Waals surface area (Å²) in [6.45, 7) is 1.58. The molecule has 1 aromatic heterocycles. The van der Waals surface area contributed by atoms with E-state index < -0.39 is 5.97 Å². The Morgan fingerprint density at radius 3 is 2.59 bits per heavy atom. The minimum absolute atomic E-state index is 0.214. The minimum Gasteiger partial charge on any atom is -0.497 e. The number of amides is 1. The van der Waals surface area contributed by atoms with Gasteiger partial charge < -0.3 is 14.4 Å². The highest BCUT2D eigenvalue weighted by atomic mass is 32.1. The first-order valence-electron chi connectivity index (χ1n) is 9.08. The monoisotopic (exact) mass is 410 g/mol. The zero-order chi connectivity index (χ0) is 20.8. The first kappa shape index (κ1) is 20.5. The summed E-state index contributed by atoms with van der Waals surface area (Å²) in [5, 5.41) is 0.841. The Kier molecular flexibility index (Phi) is 6.61. The number of benzene rings is 2. The van der Waals surface area contributed by atoms with Gasteiger partial charge in [0, 0.05) is 13.1 Å². The zero-order valence-corrected chi connectivity index (χ0v) is 17.3. The van der Waals surface area contributed by atoms with Crippen LogP contribution in [0.5, 0.6) is 5.75 Å². The number of esters is 1. The molecule has 7 heteroatoms. The zero-order valence-electron chi connectivity index (χ0n) is 16.5. The van der Waals surface area contributed by atoms with Gasteiger partial charge in [0.25, 0.3) is 5.91 Å². The molecule has 0 saturated carbocycles. The van der Waals surface area contributed by atoms with Crippen LogP contribution in [0.1, 0.15) is 23.5 Å². The van der Waals surface area contributed by atoms with Crippen molar-refractivity contribution in [3.8, 4) is 5.75 Å². The molecule has 0 radical (unpaired) electrons. The Morgan fingerprint density at radius 1 is 1.17 bits per heavy atom. The summed E-state index contributed by atoms with van der Waals surface area (Å²) >= 11 is 1.55. The highest BCUT2D eigenvalue weighted by molar-refractivity contribution is 7.18. The summed E-state index contributed by atoms with van der Waals surface area (Å²) in [6.07, 6.45) is 2.92. The van der Waals surface area contributed by atoms with E-state index in [4.69, 9.17) is 9.47 Å². The fraction of sp³-hybridized carbons (Fsp3) is 0.227. The molecule has 0 bridgehead atoms. The number of hydrogen-bond acceptors (Lipinski definition) is 6. The predicted octanol–water partition coefficient (Wildman–Crippen LogP) is 4.08. The van der Waals surface area contributed by atoms with Crippen LogP contribution in [-0.4, -0.2) is 42.5 Å². The van der Waals surface area contributed by atoms with Gasteiger partial charge in [0.1, 0.15) is 10.8 Å². The van der Waals surface area contributed by atoms with Gasteiger partial charge in [0.2, 0.25) is 0 Å². The third-order valence-corrected chi connectivity index (χ3v) is 5.71. The number of aromatic nitrogens is 1. The second-order valence-corrected chi connectivity index (χ2v) is 7.48. The number of fused-ring (bicyclic) bond motifs is 1. The minimum atomic E-state index is -0.574. The number of carbonyl (C=O) groups is 2. The van der Waals surface area contributed by atoms with Crippen molar-refractivity contribution in [2.45, 2.75) is 13.0 Å². The molecule has 3 rings (SSSR count). The van der Waals surface area contributed by atoms with Gasteiger partial charge in [-0.25, -0.2) is 9.78 Å². The average molecular weight is 410 g/mol. The summed E-state index contributed by atoms with van der Waals surface area (Å²) in [6, 6.07) is 14.9. The lowest BCUT2D eigenvalue weighted by Crippen LogP contribution is -2.33. The first-order valence-corrected chi connectivity index (χ1v) is 9.89. The molecule has 2 aromatic carbocycles.